The average Bonchev–Trinajstić information content (AvgIpc) is 2.24. The molecule has 14 heavy (non-hydrogen) atoms. The smallest absolute Gasteiger partial charge is 0.0629 e. The highest BCUT2D eigenvalue weighted by Crippen LogP contribution is 2.27. The van der Waals surface area contributed by atoms with Crippen molar-refractivity contribution in [3.8, 4) is 0 Å². The van der Waals surface area contributed by atoms with Gasteiger partial charge in [0.1, 0.15) is 0 Å². The van der Waals surface area contributed by atoms with Crippen LogP contribution in [-0.2, 0) is 0 Å². The third-order valence-corrected chi connectivity index (χ3v) is 3.64. The van der Waals surface area contributed by atoms with Crippen molar-refractivity contribution in [1.82, 2.24) is 4.90 Å². The first-order valence-corrected chi connectivity index (χ1v) is 5.56. The largest absolute Gasteiger partial charge is 0.292 e. The van der Waals surface area contributed by atoms with Crippen LogP contribution in [0.2, 0.25) is 0 Å². The van der Waals surface area contributed by atoms with E-state index in [1.807, 2.05) is 12.4 Å². The second-order valence-corrected chi connectivity index (χ2v) is 4.57. The van der Waals surface area contributed by atoms with Gasteiger partial charge in [0.05, 0.1) is 5.54 Å². The Kier molecular flexibility index (Phi) is 2.68. The van der Waals surface area contributed by atoms with E-state index in [1.165, 1.54) is 32.4 Å². The second kappa shape index (κ2) is 3.81. The summed E-state index contributed by atoms with van der Waals surface area (Å²) in [6.45, 7) is 6.92. The van der Waals surface area contributed by atoms with Crippen LogP contribution in [0.15, 0.2) is 10.2 Å². The van der Waals surface area contributed by atoms with Gasteiger partial charge < -0.3 is 0 Å². The quantitative estimate of drug-likeness (QED) is 0.625. The van der Waals surface area contributed by atoms with Crippen LogP contribution in [0.25, 0.3) is 0 Å². The number of likely N-dealkylation sites (tertiary alicyclic amines) is 1. The Balaban J connectivity index is 2.13. The molecule has 3 heteroatoms. The van der Waals surface area contributed by atoms with E-state index in [2.05, 4.69) is 29.0 Å². The first kappa shape index (κ1) is 9.84. The normalized spacial score (nSPS) is 38.9. The summed E-state index contributed by atoms with van der Waals surface area (Å²) in [7, 11) is 0. The molecular weight excluding hydrogens is 174 g/mol. The summed E-state index contributed by atoms with van der Waals surface area (Å²) in [5, 5.41) is 8.02. The zero-order valence-corrected chi connectivity index (χ0v) is 9.11. The minimum atomic E-state index is 0.0994. The van der Waals surface area contributed by atoms with E-state index in [1.54, 1.807) is 0 Å². The highest BCUT2D eigenvalue weighted by molar-refractivity contribution is 5.80. The van der Waals surface area contributed by atoms with E-state index in [-0.39, 0.29) is 5.54 Å². The molecule has 2 aliphatic heterocycles. The van der Waals surface area contributed by atoms with Gasteiger partial charge in [0, 0.05) is 18.3 Å². The van der Waals surface area contributed by atoms with Gasteiger partial charge >= 0.3 is 0 Å². The van der Waals surface area contributed by atoms with Crippen LogP contribution in [0.3, 0.4) is 0 Å². The number of nitrogens with zero attached hydrogens (tertiary/aromatic N) is 3. The maximum atomic E-state index is 4.06. The predicted molar refractivity (Wildman–Crippen MR) is 60.0 cm³/mol. The van der Waals surface area contributed by atoms with Gasteiger partial charge in [0.25, 0.3) is 0 Å². The standard InChI is InChI=1S/C11H19N3/c1-10-8-12-13-9-11(10,2)14-6-4-3-5-7-14/h8-10H,3-7H2,1-2H3. The topological polar surface area (TPSA) is 28.0 Å². The van der Waals surface area contributed by atoms with Crippen molar-refractivity contribution in [2.24, 2.45) is 16.1 Å². The second-order valence-electron chi connectivity index (χ2n) is 4.57. The fraction of sp³-hybridized carbons (Fsp3) is 0.818. The highest BCUT2D eigenvalue weighted by Gasteiger charge is 2.36. The molecule has 0 bridgehead atoms. The third kappa shape index (κ3) is 1.61. The Morgan fingerprint density at radius 2 is 1.93 bits per heavy atom. The zero-order valence-electron chi connectivity index (χ0n) is 9.11. The molecule has 0 N–H and O–H groups in total. The molecule has 2 atom stereocenters. The third-order valence-electron chi connectivity index (χ3n) is 3.64. The first-order chi connectivity index (χ1) is 6.73. The molecule has 3 nitrogen and oxygen atoms in total. The molecule has 0 aliphatic carbocycles. The lowest BCUT2D eigenvalue weighted by atomic mass is 9.85. The number of piperidine rings is 1. The van der Waals surface area contributed by atoms with Gasteiger partial charge in [-0.25, -0.2) is 0 Å². The van der Waals surface area contributed by atoms with Crippen LogP contribution < -0.4 is 0 Å². The Morgan fingerprint density at radius 1 is 1.21 bits per heavy atom. The zero-order chi connectivity index (χ0) is 10.0. The molecule has 0 spiro atoms. The Bertz CT molecular complexity index is 253. The van der Waals surface area contributed by atoms with E-state index < -0.39 is 0 Å². The van der Waals surface area contributed by atoms with E-state index in [4.69, 9.17) is 0 Å². The lowest BCUT2D eigenvalue weighted by Crippen LogP contribution is -2.55. The van der Waals surface area contributed by atoms with Crippen molar-refractivity contribution in [2.75, 3.05) is 13.1 Å². The van der Waals surface area contributed by atoms with Crippen molar-refractivity contribution < 1.29 is 0 Å². The Hall–Kier alpha value is -0.700. The summed E-state index contributed by atoms with van der Waals surface area (Å²) in [6, 6.07) is 0. The Labute approximate surface area is 85.9 Å². The van der Waals surface area contributed by atoms with E-state index in [0.717, 1.165) is 0 Å². The lowest BCUT2D eigenvalue weighted by Gasteiger charge is -2.44. The predicted octanol–water partition coefficient (Wildman–Crippen LogP) is 1.94. The van der Waals surface area contributed by atoms with Crippen molar-refractivity contribution in [3.63, 3.8) is 0 Å². The molecule has 2 rings (SSSR count). The fourth-order valence-electron chi connectivity index (χ4n) is 2.30. The van der Waals surface area contributed by atoms with Gasteiger partial charge in [-0.2, -0.15) is 10.2 Å². The molecule has 78 valence electrons. The monoisotopic (exact) mass is 193 g/mol. The highest BCUT2D eigenvalue weighted by atomic mass is 15.3. The molecule has 0 saturated carbocycles. The van der Waals surface area contributed by atoms with Crippen LogP contribution >= 0.6 is 0 Å². The van der Waals surface area contributed by atoms with Crippen LogP contribution in [0.5, 0.6) is 0 Å². The molecule has 2 heterocycles. The molecule has 0 aromatic rings. The average molecular weight is 193 g/mol. The maximum absolute atomic E-state index is 4.06. The molecule has 2 aliphatic rings. The van der Waals surface area contributed by atoms with Gasteiger partial charge in [0.2, 0.25) is 0 Å². The maximum Gasteiger partial charge on any atom is 0.0629 e. The summed E-state index contributed by atoms with van der Waals surface area (Å²) in [6.07, 6.45) is 8.02. The Morgan fingerprint density at radius 3 is 2.57 bits per heavy atom. The summed E-state index contributed by atoms with van der Waals surface area (Å²) in [5.41, 5.74) is 0.0994. The molecule has 0 radical (unpaired) electrons. The van der Waals surface area contributed by atoms with Crippen LogP contribution in [-0.4, -0.2) is 36.0 Å². The summed E-state index contributed by atoms with van der Waals surface area (Å²) in [4.78, 5) is 2.55. The molecule has 2 unspecified atom stereocenters. The lowest BCUT2D eigenvalue weighted by molar-refractivity contribution is 0.115. The summed E-state index contributed by atoms with van der Waals surface area (Å²) < 4.78 is 0. The number of hydrogen-bond acceptors (Lipinski definition) is 3. The molecule has 1 fully saturated rings. The first-order valence-electron chi connectivity index (χ1n) is 5.56. The van der Waals surface area contributed by atoms with Crippen molar-refractivity contribution >= 4 is 12.4 Å². The van der Waals surface area contributed by atoms with E-state index >= 15 is 0 Å². The van der Waals surface area contributed by atoms with Crippen molar-refractivity contribution in [3.05, 3.63) is 0 Å². The van der Waals surface area contributed by atoms with E-state index in [0.29, 0.717) is 5.92 Å². The van der Waals surface area contributed by atoms with Gasteiger partial charge in [-0.3, -0.25) is 4.90 Å². The SMILES string of the molecule is CC1C=NN=CC1(C)N1CCCCC1. The molecular formula is C11H19N3. The molecule has 0 aromatic carbocycles. The minimum Gasteiger partial charge on any atom is -0.292 e. The van der Waals surface area contributed by atoms with Crippen molar-refractivity contribution in [1.29, 1.82) is 0 Å². The van der Waals surface area contributed by atoms with Gasteiger partial charge in [0.15, 0.2) is 0 Å². The number of rotatable bonds is 1. The molecule has 0 amide bonds. The van der Waals surface area contributed by atoms with Crippen LogP contribution in [0.4, 0.5) is 0 Å². The van der Waals surface area contributed by atoms with Gasteiger partial charge in [-0.15, -0.1) is 0 Å². The minimum absolute atomic E-state index is 0.0994. The van der Waals surface area contributed by atoms with E-state index in [9.17, 15) is 0 Å². The number of hydrogen-bond donors (Lipinski definition) is 0. The van der Waals surface area contributed by atoms with Crippen LogP contribution in [0.1, 0.15) is 33.1 Å². The summed E-state index contributed by atoms with van der Waals surface area (Å²) in [5.74, 6) is 0.470. The van der Waals surface area contributed by atoms with Gasteiger partial charge in [-0.1, -0.05) is 13.3 Å². The fourth-order valence-corrected chi connectivity index (χ4v) is 2.30. The molecule has 0 aromatic heterocycles. The summed E-state index contributed by atoms with van der Waals surface area (Å²) >= 11 is 0. The molecule has 1 saturated heterocycles. The van der Waals surface area contributed by atoms with Crippen molar-refractivity contribution in [2.45, 2.75) is 38.6 Å². The van der Waals surface area contributed by atoms with Gasteiger partial charge in [-0.05, 0) is 32.9 Å². The van der Waals surface area contributed by atoms with Crippen LogP contribution in [0, 0.1) is 5.92 Å².